The van der Waals surface area contributed by atoms with Gasteiger partial charge in [0.2, 0.25) is 5.91 Å². The normalized spacial score (nSPS) is 10.3. The summed E-state index contributed by atoms with van der Waals surface area (Å²) in [6.07, 6.45) is 0.339. The molecule has 0 radical (unpaired) electrons. The fourth-order valence-electron chi connectivity index (χ4n) is 1.88. The van der Waals surface area contributed by atoms with Crippen molar-refractivity contribution in [1.82, 2.24) is 0 Å². The molecule has 3 N–H and O–H groups in total. The largest absolute Gasteiger partial charge is 0.376 e. The van der Waals surface area contributed by atoms with Crippen LogP contribution < -0.4 is 11.1 Å². The lowest BCUT2D eigenvalue weighted by Crippen LogP contribution is -2.14. The number of carbonyl (C=O) groups is 1. The second-order valence-electron chi connectivity index (χ2n) is 4.74. The zero-order valence-electron chi connectivity index (χ0n) is 11.9. The summed E-state index contributed by atoms with van der Waals surface area (Å²) in [4.78, 5) is 11.8. The molecule has 4 heteroatoms. The van der Waals surface area contributed by atoms with Crippen molar-refractivity contribution in [2.24, 2.45) is 5.73 Å². The highest BCUT2D eigenvalue weighted by Gasteiger charge is 2.02. The summed E-state index contributed by atoms with van der Waals surface area (Å²) in [6.45, 7) is 1.43. The van der Waals surface area contributed by atoms with Crippen LogP contribution in [0.1, 0.15) is 17.5 Å². The Morgan fingerprint density at radius 1 is 1.00 bits per heavy atom. The molecule has 21 heavy (non-hydrogen) atoms. The predicted molar refractivity (Wildman–Crippen MR) is 83.7 cm³/mol. The maximum absolute atomic E-state index is 11.8. The van der Waals surface area contributed by atoms with Gasteiger partial charge in [0, 0.05) is 12.2 Å². The van der Waals surface area contributed by atoms with Crippen LogP contribution in [0.2, 0.25) is 0 Å². The molecule has 0 aliphatic heterocycles. The van der Waals surface area contributed by atoms with Gasteiger partial charge in [0.25, 0.3) is 0 Å². The van der Waals surface area contributed by atoms with Crippen LogP contribution in [0.15, 0.2) is 54.6 Å². The molecule has 1 amide bonds. The maximum atomic E-state index is 11.8. The summed E-state index contributed by atoms with van der Waals surface area (Å²) < 4.78 is 5.49. The van der Waals surface area contributed by atoms with E-state index in [0.29, 0.717) is 26.2 Å². The van der Waals surface area contributed by atoms with Crippen LogP contribution >= 0.6 is 0 Å². The summed E-state index contributed by atoms with van der Waals surface area (Å²) in [5.74, 6) is -0.0523. The van der Waals surface area contributed by atoms with Crippen molar-refractivity contribution in [3.63, 3.8) is 0 Å². The van der Waals surface area contributed by atoms with Gasteiger partial charge in [0.1, 0.15) is 0 Å². The van der Waals surface area contributed by atoms with E-state index in [2.05, 4.69) is 5.32 Å². The molecule has 0 unspecified atom stereocenters. The third-order valence-electron chi connectivity index (χ3n) is 3.06. The highest BCUT2D eigenvalue weighted by Crippen LogP contribution is 2.09. The first-order valence-electron chi connectivity index (χ1n) is 6.98. The van der Waals surface area contributed by atoms with E-state index in [0.717, 1.165) is 16.8 Å². The summed E-state index contributed by atoms with van der Waals surface area (Å²) in [7, 11) is 0. The van der Waals surface area contributed by atoms with Gasteiger partial charge in [-0.1, -0.05) is 42.5 Å². The molecule has 0 aliphatic rings. The number of carbonyl (C=O) groups excluding carboxylic acids is 1. The van der Waals surface area contributed by atoms with Crippen molar-refractivity contribution in [2.75, 3.05) is 11.9 Å². The van der Waals surface area contributed by atoms with Gasteiger partial charge >= 0.3 is 0 Å². The Kier molecular flexibility index (Phi) is 5.94. The molecule has 110 valence electrons. The third kappa shape index (κ3) is 5.38. The van der Waals surface area contributed by atoms with E-state index in [-0.39, 0.29) is 5.91 Å². The average molecular weight is 284 g/mol. The summed E-state index contributed by atoms with van der Waals surface area (Å²) in [5.41, 5.74) is 8.45. The minimum Gasteiger partial charge on any atom is -0.376 e. The molecule has 0 heterocycles. The van der Waals surface area contributed by atoms with Gasteiger partial charge in [-0.3, -0.25) is 4.79 Å². The first kappa shape index (κ1) is 15.2. The molecular formula is C17H20N2O2. The molecule has 0 aliphatic carbocycles. The summed E-state index contributed by atoms with van der Waals surface area (Å²) >= 11 is 0. The van der Waals surface area contributed by atoms with Crippen molar-refractivity contribution in [2.45, 2.75) is 19.6 Å². The first-order chi connectivity index (χ1) is 10.3. The van der Waals surface area contributed by atoms with E-state index in [4.69, 9.17) is 10.5 Å². The molecule has 2 aromatic rings. The lowest BCUT2D eigenvalue weighted by molar-refractivity contribution is -0.117. The molecule has 0 saturated heterocycles. The molecule has 2 aromatic carbocycles. The van der Waals surface area contributed by atoms with Crippen LogP contribution in [0, 0.1) is 0 Å². The molecular weight excluding hydrogens is 264 g/mol. The fourth-order valence-corrected chi connectivity index (χ4v) is 1.88. The quantitative estimate of drug-likeness (QED) is 0.768. The monoisotopic (exact) mass is 284 g/mol. The number of benzene rings is 2. The lowest BCUT2D eigenvalue weighted by Gasteiger charge is -2.07. The van der Waals surface area contributed by atoms with Crippen molar-refractivity contribution in [3.05, 3.63) is 65.7 Å². The topological polar surface area (TPSA) is 64.3 Å². The molecule has 0 aromatic heterocycles. The van der Waals surface area contributed by atoms with Gasteiger partial charge in [-0.2, -0.15) is 0 Å². The molecule has 0 fully saturated rings. The van der Waals surface area contributed by atoms with Crippen molar-refractivity contribution >= 4 is 11.6 Å². The summed E-state index contributed by atoms with van der Waals surface area (Å²) in [5, 5.41) is 2.83. The minimum atomic E-state index is -0.0523. The van der Waals surface area contributed by atoms with Gasteiger partial charge in [-0.15, -0.1) is 0 Å². The zero-order valence-corrected chi connectivity index (χ0v) is 11.9. The first-order valence-corrected chi connectivity index (χ1v) is 6.98. The van der Waals surface area contributed by atoms with E-state index >= 15 is 0 Å². The number of hydrogen-bond acceptors (Lipinski definition) is 3. The van der Waals surface area contributed by atoms with E-state index in [1.54, 1.807) is 0 Å². The van der Waals surface area contributed by atoms with E-state index in [9.17, 15) is 4.79 Å². The molecule has 0 atom stereocenters. The molecule has 2 rings (SSSR count). The van der Waals surface area contributed by atoms with E-state index in [1.165, 1.54) is 0 Å². The standard InChI is InChI=1S/C17H20N2O2/c18-12-14-6-8-16(9-7-14)19-17(20)10-11-21-13-15-4-2-1-3-5-15/h1-9H,10-13,18H2,(H,19,20). The van der Waals surface area contributed by atoms with Gasteiger partial charge in [0.05, 0.1) is 19.6 Å². The second-order valence-corrected chi connectivity index (χ2v) is 4.74. The second kappa shape index (κ2) is 8.19. The molecule has 4 nitrogen and oxygen atoms in total. The van der Waals surface area contributed by atoms with Crippen LogP contribution in [0.25, 0.3) is 0 Å². The Balaban J connectivity index is 1.67. The fraction of sp³-hybridized carbons (Fsp3) is 0.235. The minimum absolute atomic E-state index is 0.0523. The highest BCUT2D eigenvalue weighted by atomic mass is 16.5. The van der Waals surface area contributed by atoms with Crippen molar-refractivity contribution in [3.8, 4) is 0 Å². The van der Waals surface area contributed by atoms with Crippen LogP contribution in [0.4, 0.5) is 5.69 Å². The predicted octanol–water partition coefficient (Wildman–Crippen LogP) is 2.69. The number of rotatable bonds is 7. The highest BCUT2D eigenvalue weighted by molar-refractivity contribution is 5.90. The average Bonchev–Trinajstić information content (AvgIpc) is 2.53. The number of ether oxygens (including phenoxy) is 1. The number of amides is 1. The maximum Gasteiger partial charge on any atom is 0.226 e. The number of nitrogens with two attached hydrogens (primary N) is 1. The molecule has 0 saturated carbocycles. The van der Waals surface area contributed by atoms with E-state index < -0.39 is 0 Å². The Bertz CT molecular complexity index is 553. The van der Waals surface area contributed by atoms with Crippen LogP contribution in [0.3, 0.4) is 0 Å². The molecule has 0 spiro atoms. The number of hydrogen-bond donors (Lipinski definition) is 2. The Morgan fingerprint density at radius 3 is 2.38 bits per heavy atom. The zero-order chi connectivity index (χ0) is 14.9. The van der Waals surface area contributed by atoms with Crippen LogP contribution in [-0.2, 0) is 22.7 Å². The van der Waals surface area contributed by atoms with Crippen molar-refractivity contribution in [1.29, 1.82) is 0 Å². The Labute approximate surface area is 124 Å². The Morgan fingerprint density at radius 2 is 1.71 bits per heavy atom. The number of anilines is 1. The van der Waals surface area contributed by atoms with Crippen LogP contribution in [-0.4, -0.2) is 12.5 Å². The number of nitrogens with one attached hydrogen (secondary N) is 1. The summed E-state index contributed by atoms with van der Waals surface area (Å²) in [6, 6.07) is 17.4. The SMILES string of the molecule is NCc1ccc(NC(=O)CCOCc2ccccc2)cc1. The Hall–Kier alpha value is -2.17. The van der Waals surface area contributed by atoms with Gasteiger partial charge in [0.15, 0.2) is 0 Å². The van der Waals surface area contributed by atoms with Gasteiger partial charge in [-0.25, -0.2) is 0 Å². The van der Waals surface area contributed by atoms with E-state index in [1.807, 2.05) is 54.6 Å². The molecule has 0 bridgehead atoms. The lowest BCUT2D eigenvalue weighted by atomic mass is 10.2. The smallest absolute Gasteiger partial charge is 0.226 e. The van der Waals surface area contributed by atoms with Gasteiger partial charge < -0.3 is 15.8 Å². The van der Waals surface area contributed by atoms with Crippen molar-refractivity contribution < 1.29 is 9.53 Å². The van der Waals surface area contributed by atoms with Gasteiger partial charge in [-0.05, 0) is 23.3 Å². The third-order valence-corrected chi connectivity index (χ3v) is 3.06. The van der Waals surface area contributed by atoms with Crippen LogP contribution in [0.5, 0.6) is 0 Å².